The first-order valence-corrected chi connectivity index (χ1v) is 9.85. The van der Waals surface area contributed by atoms with Crippen molar-refractivity contribution in [2.45, 2.75) is 31.6 Å². The van der Waals surface area contributed by atoms with Gasteiger partial charge in [0.05, 0.1) is 0 Å². The number of piperidine rings is 1. The average molecular weight is 383 g/mol. The van der Waals surface area contributed by atoms with E-state index in [4.69, 9.17) is 16.1 Å². The highest BCUT2D eigenvalue weighted by Gasteiger charge is 2.36. The van der Waals surface area contributed by atoms with Crippen molar-refractivity contribution >= 4 is 27.4 Å². The van der Waals surface area contributed by atoms with Crippen LogP contribution in [0.1, 0.15) is 34.7 Å². The molecule has 1 saturated heterocycles. The summed E-state index contributed by atoms with van der Waals surface area (Å²) < 4.78 is 32.2. The molecule has 0 aliphatic carbocycles. The number of ketones is 1. The van der Waals surface area contributed by atoms with Crippen molar-refractivity contribution in [3.05, 3.63) is 46.3 Å². The third-order valence-electron chi connectivity index (χ3n) is 4.43. The van der Waals surface area contributed by atoms with Gasteiger partial charge in [0, 0.05) is 29.6 Å². The Morgan fingerprint density at radius 2 is 2.12 bits per heavy atom. The molecule has 25 heavy (non-hydrogen) atoms. The van der Waals surface area contributed by atoms with Gasteiger partial charge in [0.2, 0.25) is 10.0 Å². The number of carbonyl (C=O) groups excluding carboxylic acids is 1. The van der Waals surface area contributed by atoms with Gasteiger partial charge in [-0.3, -0.25) is 4.79 Å². The van der Waals surface area contributed by atoms with E-state index in [9.17, 15) is 13.2 Å². The molecule has 6 nitrogen and oxygen atoms in total. The number of aryl methyl sites for hydroxylation is 2. The Bertz CT molecular complexity index is 888. The summed E-state index contributed by atoms with van der Waals surface area (Å²) in [5.41, 5.74) is 0.842. The first kappa shape index (κ1) is 18.1. The molecule has 0 saturated carbocycles. The highest BCUT2D eigenvalue weighted by atomic mass is 35.5. The van der Waals surface area contributed by atoms with Crippen LogP contribution >= 0.6 is 11.6 Å². The van der Waals surface area contributed by atoms with Crippen LogP contribution < -0.4 is 0 Å². The molecule has 0 radical (unpaired) electrons. The maximum absolute atomic E-state index is 12.9. The van der Waals surface area contributed by atoms with Crippen LogP contribution in [0.5, 0.6) is 0 Å². The van der Waals surface area contributed by atoms with Crippen LogP contribution in [-0.4, -0.2) is 36.8 Å². The molecule has 3 rings (SSSR count). The predicted octanol–water partition coefficient (Wildman–Crippen LogP) is 3.23. The number of halogens is 1. The number of hydrogen-bond donors (Lipinski definition) is 0. The maximum Gasteiger partial charge on any atom is 0.248 e. The molecule has 1 aromatic heterocycles. The molecule has 0 amide bonds. The Morgan fingerprint density at radius 3 is 2.76 bits per heavy atom. The van der Waals surface area contributed by atoms with Crippen molar-refractivity contribution in [1.29, 1.82) is 0 Å². The summed E-state index contributed by atoms with van der Waals surface area (Å²) in [6.45, 7) is 3.71. The van der Waals surface area contributed by atoms with E-state index in [1.807, 2.05) is 0 Å². The minimum Gasteiger partial charge on any atom is -0.360 e. The summed E-state index contributed by atoms with van der Waals surface area (Å²) in [5, 5.41) is 4.21. The van der Waals surface area contributed by atoms with Gasteiger partial charge in [0.1, 0.15) is 10.6 Å². The molecule has 2 heterocycles. The smallest absolute Gasteiger partial charge is 0.248 e. The topological polar surface area (TPSA) is 80.5 Å². The number of benzene rings is 1. The quantitative estimate of drug-likeness (QED) is 0.758. The zero-order chi connectivity index (χ0) is 18.2. The first-order valence-electron chi connectivity index (χ1n) is 8.03. The van der Waals surface area contributed by atoms with Gasteiger partial charge < -0.3 is 4.52 Å². The fourth-order valence-corrected chi connectivity index (χ4v) is 5.23. The standard InChI is InChI=1S/C17H19ClN2O4S/c1-11-17(12(2)24-19-11)25(22,23)20-8-4-6-14(10-20)16(21)13-5-3-7-15(18)9-13/h3,5,7,9,14H,4,6,8,10H2,1-2H3. The molecule has 2 aromatic rings. The molecule has 0 bridgehead atoms. The molecule has 0 spiro atoms. The lowest BCUT2D eigenvalue weighted by atomic mass is 9.91. The van der Waals surface area contributed by atoms with Crippen LogP contribution in [-0.2, 0) is 10.0 Å². The summed E-state index contributed by atoms with van der Waals surface area (Å²) in [5.74, 6) is -0.204. The van der Waals surface area contributed by atoms with Gasteiger partial charge in [-0.15, -0.1) is 0 Å². The van der Waals surface area contributed by atoms with Gasteiger partial charge in [-0.1, -0.05) is 28.9 Å². The second kappa shape index (κ2) is 6.90. The monoisotopic (exact) mass is 382 g/mol. The van der Waals surface area contributed by atoms with Gasteiger partial charge in [0.15, 0.2) is 11.5 Å². The van der Waals surface area contributed by atoms with Crippen LogP contribution in [0.15, 0.2) is 33.7 Å². The Hall–Kier alpha value is -1.70. The van der Waals surface area contributed by atoms with Gasteiger partial charge in [-0.25, -0.2) is 8.42 Å². The molecule has 1 aliphatic heterocycles. The molecule has 1 aliphatic rings. The van der Waals surface area contributed by atoms with Crippen molar-refractivity contribution in [1.82, 2.24) is 9.46 Å². The molecule has 1 unspecified atom stereocenters. The van der Waals surface area contributed by atoms with Crippen LogP contribution in [0.3, 0.4) is 0 Å². The molecule has 1 aromatic carbocycles. The number of nitrogens with zero attached hydrogens (tertiary/aromatic N) is 2. The Balaban J connectivity index is 1.85. The van der Waals surface area contributed by atoms with Crippen LogP contribution in [0.25, 0.3) is 0 Å². The summed E-state index contributed by atoms with van der Waals surface area (Å²) in [6.07, 6.45) is 1.28. The normalized spacial score (nSPS) is 19.1. The van der Waals surface area contributed by atoms with E-state index >= 15 is 0 Å². The van der Waals surface area contributed by atoms with Crippen molar-refractivity contribution in [3.63, 3.8) is 0 Å². The van der Waals surface area contributed by atoms with Gasteiger partial charge >= 0.3 is 0 Å². The SMILES string of the molecule is Cc1noc(C)c1S(=O)(=O)N1CCCC(C(=O)c2cccc(Cl)c2)C1. The Kier molecular flexibility index (Phi) is 4.99. The van der Waals surface area contributed by atoms with Crippen LogP contribution in [0, 0.1) is 19.8 Å². The van der Waals surface area contributed by atoms with Crippen LogP contribution in [0.4, 0.5) is 0 Å². The number of sulfonamides is 1. The molecule has 134 valence electrons. The van der Waals surface area contributed by atoms with Crippen molar-refractivity contribution in [2.75, 3.05) is 13.1 Å². The zero-order valence-corrected chi connectivity index (χ0v) is 15.6. The largest absolute Gasteiger partial charge is 0.360 e. The molecule has 1 fully saturated rings. The number of Topliss-reactive ketones (excluding diaryl/α,β-unsaturated/α-hetero) is 1. The molecule has 0 N–H and O–H groups in total. The van der Waals surface area contributed by atoms with E-state index < -0.39 is 10.0 Å². The van der Waals surface area contributed by atoms with E-state index in [-0.39, 0.29) is 28.9 Å². The number of carbonyl (C=O) groups is 1. The molecule has 1 atom stereocenters. The number of hydrogen-bond acceptors (Lipinski definition) is 5. The van der Waals surface area contributed by atoms with E-state index in [2.05, 4.69) is 5.16 Å². The van der Waals surface area contributed by atoms with E-state index in [0.29, 0.717) is 35.7 Å². The minimum absolute atomic E-state index is 0.0823. The van der Waals surface area contributed by atoms with Gasteiger partial charge in [-0.2, -0.15) is 4.31 Å². The fraction of sp³-hybridized carbons (Fsp3) is 0.412. The second-order valence-electron chi connectivity index (χ2n) is 6.23. The molecule has 8 heteroatoms. The Labute approximate surface area is 151 Å². The second-order valence-corrected chi connectivity index (χ2v) is 8.54. The third kappa shape index (κ3) is 3.49. The summed E-state index contributed by atoms with van der Waals surface area (Å²) in [7, 11) is -3.74. The van der Waals surface area contributed by atoms with E-state index in [1.165, 1.54) is 4.31 Å². The van der Waals surface area contributed by atoms with E-state index in [0.717, 1.165) is 0 Å². The summed E-state index contributed by atoms with van der Waals surface area (Å²) >= 11 is 5.96. The number of aromatic nitrogens is 1. The van der Waals surface area contributed by atoms with Crippen molar-refractivity contribution < 1.29 is 17.7 Å². The Morgan fingerprint density at radius 1 is 1.36 bits per heavy atom. The first-order chi connectivity index (χ1) is 11.8. The van der Waals surface area contributed by atoms with Gasteiger partial charge in [0.25, 0.3) is 0 Å². The molecular formula is C17H19ClN2O4S. The molecular weight excluding hydrogens is 364 g/mol. The lowest BCUT2D eigenvalue weighted by molar-refractivity contribution is 0.0872. The van der Waals surface area contributed by atoms with Gasteiger partial charge in [-0.05, 0) is 38.8 Å². The van der Waals surface area contributed by atoms with E-state index in [1.54, 1.807) is 38.1 Å². The van der Waals surface area contributed by atoms with Crippen molar-refractivity contribution in [2.24, 2.45) is 5.92 Å². The lowest BCUT2D eigenvalue weighted by Crippen LogP contribution is -2.42. The predicted molar refractivity (Wildman–Crippen MR) is 93.2 cm³/mol. The lowest BCUT2D eigenvalue weighted by Gasteiger charge is -2.31. The number of rotatable bonds is 4. The maximum atomic E-state index is 12.9. The summed E-state index contributed by atoms with van der Waals surface area (Å²) in [6, 6.07) is 6.74. The summed E-state index contributed by atoms with van der Waals surface area (Å²) in [4.78, 5) is 12.8. The minimum atomic E-state index is -3.74. The highest BCUT2D eigenvalue weighted by Crippen LogP contribution is 2.29. The fourth-order valence-electron chi connectivity index (χ4n) is 3.22. The van der Waals surface area contributed by atoms with Crippen molar-refractivity contribution in [3.8, 4) is 0 Å². The highest BCUT2D eigenvalue weighted by molar-refractivity contribution is 7.89. The average Bonchev–Trinajstić information content (AvgIpc) is 2.93. The third-order valence-corrected chi connectivity index (χ3v) is 6.78. The zero-order valence-electron chi connectivity index (χ0n) is 14.0. The van der Waals surface area contributed by atoms with Crippen LogP contribution in [0.2, 0.25) is 5.02 Å².